The molecule has 0 saturated carbocycles. The zero-order valence-electron chi connectivity index (χ0n) is 17.8. The van der Waals surface area contributed by atoms with Crippen LogP contribution >= 0.6 is 0 Å². The number of benzene rings is 1. The first-order chi connectivity index (χ1) is 14.3. The predicted molar refractivity (Wildman–Crippen MR) is 115 cm³/mol. The van der Waals surface area contributed by atoms with Gasteiger partial charge >= 0.3 is 0 Å². The summed E-state index contributed by atoms with van der Waals surface area (Å²) in [6, 6.07) is 9.92. The second kappa shape index (κ2) is 8.11. The van der Waals surface area contributed by atoms with Crippen molar-refractivity contribution in [3.63, 3.8) is 0 Å². The zero-order chi connectivity index (χ0) is 19.8. The smallest absolute Gasteiger partial charge is 0.122 e. The highest BCUT2D eigenvalue weighted by atomic mass is 16.5. The highest BCUT2D eigenvalue weighted by molar-refractivity contribution is 5.39. The summed E-state index contributed by atoms with van der Waals surface area (Å²) >= 11 is 0. The molecule has 0 amide bonds. The molecule has 5 nitrogen and oxygen atoms in total. The number of aryl methyl sites for hydroxylation is 1. The lowest BCUT2D eigenvalue weighted by molar-refractivity contribution is -0.00905. The first-order valence-corrected chi connectivity index (χ1v) is 11.4. The zero-order valence-corrected chi connectivity index (χ0v) is 17.8. The van der Waals surface area contributed by atoms with Crippen LogP contribution in [0.4, 0.5) is 0 Å². The van der Waals surface area contributed by atoms with E-state index >= 15 is 0 Å². The maximum absolute atomic E-state index is 5.76. The van der Waals surface area contributed by atoms with E-state index in [-0.39, 0.29) is 0 Å². The van der Waals surface area contributed by atoms with Crippen molar-refractivity contribution < 1.29 is 4.74 Å². The van der Waals surface area contributed by atoms with E-state index in [0.29, 0.717) is 18.0 Å². The fraction of sp³-hybridized carbons (Fsp3) is 0.625. The molecule has 3 atom stereocenters. The summed E-state index contributed by atoms with van der Waals surface area (Å²) in [4.78, 5) is 13.8. The molecular weight excluding hydrogens is 360 g/mol. The normalized spacial score (nSPS) is 31.2. The topological polar surface area (TPSA) is 44.4 Å². The van der Waals surface area contributed by atoms with Crippen LogP contribution < -0.4 is 4.74 Å². The number of piperidine rings is 3. The van der Waals surface area contributed by atoms with Crippen molar-refractivity contribution in [3.05, 3.63) is 47.5 Å². The Morgan fingerprint density at radius 2 is 2.00 bits per heavy atom. The Labute approximate surface area is 174 Å². The Morgan fingerprint density at radius 1 is 1.17 bits per heavy atom. The molecular formula is C24H34N4O. The second-order valence-electron chi connectivity index (χ2n) is 9.09. The Bertz CT molecular complexity index is 826. The van der Waals surface area contributed by atoms with Crippen LogP contribution in [0.2, 0.25) is 0 Å². The summed E-state index contributed by atoms with van der Waals surface area (Å²) in [5, 5.41) is 0. The molecule has 6 rings (SSSR count). The Kier molecular flexibility index (Phi) is 5.35. The Balaban J connectivity index is 1.41. The largest absolute Gasteiger partial charge is 0.496 e. The van der Waals surface area contributed by atoms with Gasteiger partial charge in [-0.2, -0.15) is 0 Å². The summed E-state index contributed by atoms with van der Waals surface area (Å²) in [6.45, 7) is 6.84. The highest BCUT2D eigenvalue weighted by Gasteiger charge is 2.53. The first-order valence-electron chi connectivity index (χ1n) is 11.4. The van der Waals surface area contributed by atoms with Gasteiger partial charge in [-0.25, -0.2) is 4.98 Å². The summed E-state index contributed by atoms with van der Waals surface area (Å²) in [5.74, 6) is 3.53. The van der Waals surface area contributed by atoms with Crippen molar-refractivity contribution in [1.29, 1.82) is 0 Å². The number of hydrogen-bond donors (Lipinski definition) is 1. The molecule has 1 aromatic carbocycles. The number of H-pyrrole nitrogens is 1. The van der Waals surface area contributed by atoms with Crippen molar-refractivity contribution in [2.45, 2.75) is 63.6 Å². The van der Waals surface area contributed by atoms with Crippen LogP contribution in [0.1, 0.15) is 55.6 Å². The molecule has 4 aliphatic rings. The maximum Gasteiger partial charge on any atom is 0.122 e. The van der Waals surface area contributed by atoms with E-state index in [2.05, 4.69) is 57.2 Å². The molecule has 4 saturated heterocycles. The van der Waals surface area contributed by atoms with Gasteiger partial charge in [0, 0.05) is 55.0 Å². The lowest BCUT2D eigenvalue weighted by Gasteiger charge is -2.51. The van der Waals surface area contributed by atoms with Crippen LogP contribution in [0.5, 0.6) is 5.75 Å². The number of aromatic amines is 1. The summed E-state index contributed by atoms with van der Waals surface area (Å²) in [7, 11) is 1.80. The van der Waals surface area contributed by atoms with Gasteiger partial charge in [-0.3, -0.25) is 9.80 Å². The number of rotatable bonds is 7. The molecule has 156 valence electrons. The third kappa shape index (κ3) is 3.49. The van der Waals surface area contributed by atoms with E-state index in [1.807, 2.05) is 0 Å². The number of likely N-dealkylation sites (tertiary alicyclic amines) is 1. The molecule has 2 aromatic rings. The molecule has 5 heteroatoms. The van der Waals surface area contributed by atoms with Crippen LogP contribution in [-0.2, 0) is 13.0 Å². The van der Waals surface area contributed by atoms with Crippen molar-refractivity contribution in [3.8, 4) is 5.75 Å². The monoisotopic (exact) mass is 394 g/mol. The van der Waals surface area contributed by atoms with Crippen LogP contribution in [0.25, 0.3) is 0 Å². The number of nitrogens with zero attached hydrogens (tertiary/aromatic N) is 3. The lowest BCUT2D eigenvalue weighted by Crippen LogP contribution is -2.60. The van der Waals surface area contributed by atoms with Crippen molar-refractivity contribution in [2.75, 3.05) is 26.7 Å². The van der Waals surface area contributed by atoms with Crippen LogP contribution in [0, 0.1) is 5.92 Å². The second-order valence-corrected chi connectivity index (χ2v) is 9.09. The van der Waals surface area contributed by atoms with Gasteiger partial charge in [0.15, 0.2) is 0 Å². The molecule has 29 heavy (non-hydrogen) atoms. The minimum absolute atomic E-state index is 0.515. The van der Waals surface area contributed by atoms with Gasteiger partial charge in [-0.05, 0) is 44.3 Å². The molecule has 0 radical (unpaired) electrons. The average molecular weight is 395 g/mol. The number of para-hydroxylation sites is 1. The van der Waals surface area contributed by atoms with Gasteiger partial charge in [-0.15, -0.1) is 0 Å². The SMILES string of the molecule is CCCCc1ncc(CN2C[C@@H](c3ccccc3OC)[C@@H]3[C@H]2C2CCN3CC2)[nH]1. The number of hydrogen-bond acceptors (Lipinski definition) is 4. The third-order valence-corrected chi connectivity index (χ3v) is 7.45. The first kappa shape index (κ1) is 19.1. The van der Waals surface area contributed by atoms with Gasteiger partial charge < -0.3 is 9.72 Å². The fourth-order valence-electron chi connectivity index (χ4n) is 6.14. The minimum atomic E-state index is 0.515. The molecule has 0 spiro atoms. The molecule has 4 aliphatic heterocycles. The standard InChI is InChI=1S/C24H34N4O/c1-3-4-9-22-25-14-18(26-22)15-28-16-20(19-7-5-6-8-21(19)29-2)24-23(28)17-10-12-27(24)13-11-17/h5-8,14,17,20,23-24H,3-4,9-13,15-16H2,1-2H3,(H,25,26)/t20-,23+,24+/m0/s1. The number of fused-ring (bicyclic) bond motifs is 2. The van der Waals surface area contributed by atoms with E-state index in [9.17, 15) is 0 Å². The van der Waals surface area contributed by atoms with E-state index in [1.165, 1.54) is 50.0 Å². The number of unbranched alkanes of at least 4 members (excludes halogenated alkanes) is 1. The van der Waals surface area contributed by atoms with Crippen molar-refractivity contribution >= 4 is 0 Å². The Hall–Kier alpha value is -1.85. The molecule has 1 aromatic heterocycles. The third-order valence-electron chi connectivity index (χ3n) is 7.45. The minimum Gasteiger partial charge on any atom is -0.496 e. The number of aromatic nitrogens is 2. The molecule has 0 unspecified atom stereocenters. The van der Waals surface area contributed by atoms with Gasteiger partial charge in [0.2, 0.25) is 0 Å². The number of ether oxygens (including phenoxy) is 1. The van der Waals surface area contributed by atoms with Crippen LogP contribution in [0.3, 0.4) is 0 Å². The maximum atomic E-state index is 5.76. The molecule has 2 bridgehead atoms. The van der Waals surface area contributed by atoms with Gasteiger partial charge in [-0.1, -0.05) is 31.5 Å². The Morgan fingerprint density at radius 3 is 2.79 bits per heavy atom. The fourth-order valence-corrected chi connectivity index (χ4v) is 6.14. The van der Waals surface area contributed by atoms with Crippen molar-refractivity contribution in [2.24, 2.45) is 5.92 Å². The number of imidazole rings is 1. The number of methoxy groups -OCH3 is 1. The van der Waals surface area contributed by atoms with E-state index in [1.54, 1.807) is 7.11 Å². The molecule has 4 fully saturated rings. The molecule has 5 heterocycles. The van der Waals surface area contributed by atoms with Gasteiger partial charge in [0.05, 0.1) is 7.11 Å². The highest BCUT2D eigenvalue weighted by Crippen LogP contribution is 2.48. The van der Waals surface area contributed by atoms with Crippen LogP contribution in [-0.4, -0.2) is 58.6 Å². The van der Waals surface area contributed by atoms with Gasteiger partial charge in [0.1, 0.15) is 11.6 Å². The van der Waals surface area contributed by atoms with E-state index < -0.39 is 0 Å². The quantitative estimate of drug-likeness (QED) is 0.775. The predicted octanol–water partition coefficient (Wildman–Crippen LogP) is 3.82. The summed E-state index contributed by atoms with van der Waals surface area (Å²) in [5.41, 5.74) is 2.65. The summed E-state index contributed by atoms with van der Waals surface area (Å²) in [6.07, 6.45) is 8.24. The van der Waals surface area contributed by atoms with E-state index in [4.69, 9.17) is 4.74 Å². The number of nitrogens with one attached hydrogen (secondary N) is 1. The summed E-state index contributed by atoms with van der Waals surface area (Å²) < 4.78 is 5.76. The van der Waals surface area contributed by atoms with E-state index in [0.717, 1.165) is 37.0 Å². The molecule has 0 aliphatic carbocycles. The lowest BCUT2D eigenvalue weighted by atomic mass is 9.75. The molecule has 1 N–H and O–H groups in total. The van der Waals surface area contributed by atoms with Gasteiger partial charge in [0.25, 0.3) is 0 Å². The van der Waals surface area contributed by atoms with Crippen LogP contribution in [0.15, 0.2) is 30.5 Å². The average Bonchev–Trinajstić information content (AvgIpc) is 3.39. The van der Waals surface area contributed by atoms with Crippen molar-refractivity contribution in [1.82, 2.24) is 19.8 Å².